The summed E-state index contributed by atoms with van der Waals surface area (Å²) in [6, 6.07) is 0. The van der Waals surface area contributed by atoms with Gasteiger partial charge in [0.25, 0.3) is 0 Å². The van der Waals surface area contributed by atoms with Crippen LogP contribution < -0.4 is 35.1 Å². The van der Waals surface area contributed by atoms with Crippen molar-refractivity contribution in [2.75, 3.05) is 6.54 Å². The lowest BCUT2D eigenvalue weighted by Crippen LogP contribution is -3.00. The molecule has 1 heterocycles. The monoisotopic (exact) mass is 211 g/mol. The zero-order valence-electron chi connectivity index (χ0n) is 7.21. The third-order valence-electron chi connectivity index (χ3n) is 1.53. The average molecular weight is 212 g/mol. The Kier molecular flexibility index (Phi) is 8.81. The summed E-state index contributed by atoms with van der Waals surface area (Å²) in [5.74, 6) is 0. The second-order valence-corrected chi connectivity index (χ2v) is 2.34. The van der Waals surface area contributed by atoms with Gasteiger partial charge in [0.1, 0.15) is 25.5 Å². The molecule has 72 valence electrons. The summed E-state index contributed by atoms with van der Waals surface area (Å²) in [7, 11) is 0. The van der Waals surface area contributed by atoms with E-state index in [4.69, 9.17) is 0 Å². The van der Waals surface area contributed by atoms with E-state index in [-0.39, 0.29) is 24.8 Å². The molecule has 0 spiro atoms. The van der Waals surface area contributed by atoms with Gasteiger partial charge in [0.2, 0.25) is 6.33 Å². The second-order valence-electron chi connectivity index (χ2n) is 2.34. The first-order chi connectivity index (χ1) is 4.86. The summed E-state index contributed by atoms with van der Waals surface area (Å²) in [4.78, 5) is 0. The first-order valence-corrected chi connectivity index (χ1v) is 3.71. The molecule has 0 atom stereocenters. The lowest BCUT2D eigenvalue weighted by atomic mass is 10.6. The van der Waals surface area contributed by atoms with Gasteiger partial charge < -0.3 is 30.5 Å². The van der Waals surface area contributed by atoms with Gasteiger partial charge >= 0.3 is 0 Å². The minimum Gasteiger partial charge on any atom is -1.00 e. The van der Waals surface area contributed by atoms with Crippen LogP contribution in [0, 0.1) is 0 Å². The summed E-state index contributed by atoms with van der Waals surface area (Å²) in [6.45, 7) is 5.16. The molecule has 0 unspecified atom stereocenters. The first kappa shape index (κ1) is 14.3. The highest BCUT2D eigenvalue weighted by molar-refractivity contribution is 4.64. The molecule has 5 heteroatoms. The van der Waals surface area contributed by atoms with E-state index in [9.17, 15) is 0 Å². The third-order valence-corrected chi connectivity index (χ3v) is 1.53. The van der Waals surface area contributed by atoms with Gasteiger partial charge in [-0.1, -0.05) is 0 Å². The van der Waals surface area contributed by atoms with Crippen LogP contribution >= 0.6 is 0 Å². The number of aromatic nitrogens is 2. The Morgan fingerprint density at radius 1 is 1.42 bits per heavy atom. The second kappa shape index (κ2) is 7.40. The van der Waals surface area contributed by atoms with Gasteiger partial charge in [-0.3, -0.25) is 0 Å². The van der Waals surface area contributed by atoms with Crippen molar-refractivity contribution < 1.29 is 35.1 Å². The van der Waals surface area contributed by atoms with E-state index in [1.165, 1.54) is 0 Å². The summed E-state index contributed by atoms with van der Waals surface area (Å²) < 4.78 is 4.30. The number of hydrogen-bond acceptors (Lipinski definition) is 0. The van der Waals surface area contributed by atoms with E-state index in [1.807, 2.05) is 0 Å². The lowest BCUT2D eigenvalue weighted by molar-refractivity contribution is -0.711. The molecule has 1 rings (SSSR count). The third kappa shape index (κ3) is 3.95. The van der Waals surface area contributed by atoms with E-state index in [2.05, 4.69) is 40.5 Å². The summed E-state index contributed by atoms with van der Waals surface area (Å²) in [5.41, 5.74) is 3.79. The average Bonchev–Trinajstić information content (AvgIpc) is 2.37. The summed E-state index contributed by atoms with van der Waals surface area (Å²) >= 11 is 0. The number of quaternary nitrogens is 1. The zero-order chi connectivity index (χ0) is 7.40. The van der Waals surface area contributed by atoms with Crippen LogP contribution in [-0.2, 0) is 13.1 Å². The molecule has 0 aromatic carbocycles. The molecule has 3 N–H and O–H groups in total. The van der Waals surface area contributed by atoms with Crippen LogP contribution in [0.1, 0.15) is 6.92 Å². The molecular formula is C7H15Cl2N3. The zero-order valence-corrected chi connectivity index (χ0v) is 8.72. The first-order valence-electron chi connectivity index (χ1n) is 3.71. The number of rotatable bonds is 3. The van der Waals surface area contributed by atoms with Crippen molar-refractivity contribution in [3.8, 4) is 0 Å². The maximum atomic E-state index is 3.79. The molecule has 0 bridgehead atoms. The van der Waals surface area contributed by atoms with Crippen molar-refractivity contribution in [1.29, 1.82) is 0 Å². The fourth-order valence-corrected chi connectivity index (χ4v) is 0.941. The largest absolute Gasteiger partial charge is 1.00 e. The molecule has 1 aromatic rings. The Morgan fingerprint density at radius 3 is 2.50 bits per heavy atom. The molecule has 0 radical (unpaired) electrons. The van der Waals surface area contributed by atoms with Gasteiger partial charge in [-0.25, -0.2) is 9.13 Å². The van der Waals surface area contributed by atoms with Crippen LogP contribution in [0.5, 0.6) is 0 Å². The highest BCUT2D eigenvalue weighted by Gasteiger charge is 1.99. The molecule has 0 saturated carbocycles. The Balaban J connectivity index is 0. The maximum Gasteiger partial charge on any atom is 0.243 e. The van der Waals surface area contributed by atoms with Crippen molar-refractivity contribution >= 4 is 0 Å². The molecule has 12 heavy (non-hydrogen) atoms. The van der Waals surface area contributed by atoms with Crippen molar-refractivity contribution in [3.05, 3.63) is 18.7 Å². The fraction of sp³-hybridized carbons (Fsp3) is 0.571. The molecule has 0 fully saturated rings. The maximum absolute atomic E-state index is 3.79. The molecule has 0 saturated heterocycles. The molecule has 1 aromatic heterocycles. The van der Waals surface area contributed by atoms with Crippen LogP contribution in [-0.4, -0.2) is 11.1 Å². The van der Waals surface area contributed by atoms with E-state index < -0.39 is 0 Å². The Morgan fingerprint density at radius 2 is 2.08 bits per heavy atom. The molecule has 0 amide bonds. The van der Waals surface area contributed by atoms with Crippen molar-refractivity contribution in [2.45, 2.75) is 20.0 Å². The Bertz CT molecular complexity index is 200. The predicted molar refractivity (Wildman–Crippen MR) is 38.1 cm³/mol. The van der Waals surface area contributed by atoms with E-state index >= 15 is 0 Å². The van der Waals surface area contributed by atoms with Crippen LogP contribution in [0.25, 0.3) is 0 Å². The van der Waals surface area contributed by atoms with Gasteiger partial charge in [-0.15, -0.1) is 0 Å². The molecule has 0 aliphatic carbocycles. The van der Waals surface area contributed by atoms with Gasteiger partial charge in [-0.2, -0.15) is 0 Å². The van der Waals surface area contributed by atoms with Crippen LogP contribution in [0.15, 0.2) is 18.7 Å². The Hall–Kier alpha value is -0.250. The number of nitrogens with zero attached hydrogens (tertiary/aromatic N) is 2. The van der Waals surface area contributed by atoms with Crippen molar-refractivity contribution in [1.82, 2.24) is 4.57 Å². The Labute approximate surface area is 85.4 Å². The minimum absolute atomic E-state index is 0. The lowest BCUT2D eigenvalue weighted by Gasteiger charge is -1.86. The van der Waals surface area contributed by atoms with E-state index in [1.54, 1.807) is 0 Å². The summed E-state index contributed by atoms with van der Waals surface area (Å²) in [6.07, 6.45) is 6.26. The van der Waals surface area contributed by atoms with Crippen LogP contribution in [0.3, 0.4) is 0 Å². The molecule has 0 aliphatic rings. The normalized spacial score (nSPS) is 8.50. The smallest absolute Gasteiger partial charge is 0.243 e. The summed E-state index contributed by atoms with van der Waals surface area (Å²) in [5, 5.41) is 0. The van der Waals surface area contributed by atoms with E-state index in [0.29, 0.717) is 0 Å². The SMILES string of the molecule is CCn1cc[n+](CC[NH3+])c1.[Cl-].[Cl-]. The number of aryl methyl sites for hydroxylation is 1. The number of imidazole rings is 1. The topological polar surface area (TPSA) is 36.5 Å². The number of hydrogen-bond donors (Lipinski definition) is 1. The van der Waals surface area contributed by atoms with Crippen molar-refractivity contribution in [2.24, 2.45) is 0 Å². The standard InChI is InChI=1S/C7H14N3.2ClH/c1-2-9-5-6-10(7-9)4-3-8;;/h5-7H,2-4,8H2,1H3;2*1H/q+1;;/p-1. The minimum atomic E-state index is 0. The van der Waals surface area contributed by atoms with Gasteiger partial charge in [0, 0.05) is 0 Å². The van der Waals surface area contributed by atoms with E-state index in [0.717, 1.165) is 19.6 Å². The molecule has 3 nitrogen and oxygen atoms in total. The van der Waals surface area contributed by atoms with Gasteiger partial charge in [-0.05, 0) is 6.92 Å². The molecular weight excluding hydrogens is 197 g/mol. The molecule has 0 aliphatic heterocycles. The van der Waals surface area contributed by atoms with Crippen LogP contribution in [0.2, 0.25) is 0 Å². The van der Waals surface area contributed by atoms with Crippen molar-refractivity contribution in [3.63, 3.8) is 0 Å². The van der Waals surface area contributed by atoms with Gasteiger partial charge in [0.15, 0.2) is 0 Å². The van der Waals surface area contributed by atoms with Gasteiger partial charge in [0.05, 0.1) is 6.54 Å². The highest BCUT2D eigenvalue weighted by Crippen LogP contribution is 1.81. The quantitative estimate of drug-likeness (QED) is 0.483. The fourth-order valence-electron chi connectivity index (χ4n) is 0.941. The number of halogens is 2. The highest BCUT2D eigenvalue weighted by atomic mass is 35.5. The predicted octanol–water partition coefficient (Wildman–Crippen LogP) is -6.95. The van der Waals surface area contributed by atoms with Crippen LogP contribution in [0.4, 0.5) is 0 Å².